The Balaban J connectivity index is 1.13. The number of aryl methyl sites for hydroxylation is 1. The molecular formula is C30H31F3N4O3S. The van der Waals surface area contributed by atoms with Crippen LogP contribution in [0.2, 0.25) is 0 Å². The monoisotopic (exact) mass is 584 g/mol. The van der Waals surface area contributed by atoms with Crippen LogP contribution < -0.4 is 9.62 Å². The van der Waals surface area contributed by atoms with Crippen molar-refractivity contribution in [2.75, 3.05) is 31.1 Å². The van der Waals surface area contributed by atoms with Gasteiger partial charge in [0.2, 0.25) is 10.0 Å². The van der Waals surface area contributed by atoms with Crippen LogP contribution in [0.5, 0.6) is 0 Å². The summed E-state index contributed by atoms with van der Waals surface area (Å²) in [5.74, 6) is -0.0852. The number of aromatic nitrogens is 1. The van der Waals surface area contributed by atoms with Gasteiger partial charge in [0.15, 0.2) is 0 Å². The first kappa shape index (κ1) is 27.7. The maximum Gasteiger partial charge on any atom is 0.416 e. The molecule has 1 aromatic heterocycles. The maximum atomic E-state index is 13.5. The van der Waals surface area contributed by atoms with Crippen molar-refractivity contribution in [3.05, 3.63) is 89.2 Å². The molecular weight excluding hydrogens is 553 g/mol. The Morgan fingerprint density at radius 2 is 1.71 bits per heavy atom. The minimum absolute atomic E-state index is 0.0852. The van der Waals surface area contributed by atoms with Gasteiger partial charge < -0.3 is 9.80 Å². The summed E-state index contributed by atoms with van der Waals surface area (Å²) in [7, 11) is -4.21. The number of amides is 1. The lowest BCUT2D eigenvalue weighted by Crippen LogP contribution is -2.44. The summed E-state index contributed by atoms with van der Waals surface area (Å²) in [5, 5.41) is 0. The predicted octanol–water partition coefficient (Wildman–Crippen LogP) is 5.20. The van der Waals surface area contributed by atoms with E-state index in [2.05, 4.69) is 14.6 Å². The topological polar surface area (TPSA) is 82.6 Å². The van der Waals surface area contributed by atoms with E-state index in [9.17, 15) is 26.4 Å². The molecule has 1 unspecified atom stereocenters. The van der Waals surface area contributed by atoms with E-state index in [4.69, 9.17) is 0 Å². The molecule has 0 bridgehead atoms. The highest BCUT2D eigenvalue weighted by atomic mass is 32.2. The molecule has 0 saturated carbocycles. The van der Waals surface area contributed by atoms with Crippen LogP contribution >= 0.6 is 0 Å². The Bertz CT molecular complexity index is 1550. The molecule has 6 rings (SSSR count). The van der Waals surface area contributed by atoms with Crippen molar-refractivity contribution in [2.45, 2.75) is 49.2 Å². The van der Waals surface area contributed by atoms with Crippen molar-refractivity contribution in [1.29, 1.82) is 0 Å². The predicted molar refractivity (Wildman–Crippen MR) is 148 cm³/mol. The molecule has 2 saturated heterocycles. The van der Waals surface area contributed by atoms with Crippen molar-refractivity contribution in [1.82, 2.24) is 14.6 Å². The number of pyridine rings is 1. The first-order chi connectivity index (χ1) is 19.5. The van der Waals surface area contributed by atoms with Gasteiger partial charge in [-0.15, -0.1) is 0 Å². The number of likely N-dealkylation sites (tertiary alicyclic amines) is 1. The van der Waals surface area contributed by atoms with E-state index in [-0.39, 0.29) is 11.3 Å². The lowest BCUT2D eigenvalue weighted by atomic mass is 9.77. The van der Waals surface area contributed by atoms with Gasteiger partial charge in [-0.1, -0.05) is 12.1 Å². The number of hydrogen-bond donors (Lipinski definition) is 1. The molecule has 1 spiro atoms. The minimum Gasteiger partial charge on any atom is -0.371 e. The van der Waals surface area contributed by atoms with Gasteiger partial charge in [0.25, 0.3) is 5.91 Å². The summed E-state index contributed by atoms with van der Waals surface area (Å²) in [4.78, 5) is 21.4. The summed E-state index contributed by atoms with van der Waals surface area (Å²) in [6.07, 6.45) is 2.97. The average Bonchev–Trinajstić information content (AvgIpc) is 3.57. The van der Waals surface area contributed by atoms with Gasteiger partial charge in [-0.25, -0.2) is 13.1 Å². The summed E-state index contributed by atoms with van der Waals surface area (Å²) in [6, 6.07) is 12.5. The molecule has 7 nitrogen and oxygen atoms in total. The zero-order valence-corrected chi connectivity index (χ0v) is 23.2. The third-order valence-corrected chi connectivity index (χ3v) is 10.3. The molecule has 11 heteroatoms. The Morgan fingerprint density at radius 1 is 0.976 bits per heavy atom. The standard InChI is InChI=1S/C30H31F3N4O3S/c31-30(32,33)23-2-1-3-25(19-23)41(39,40)35-27-7-6-21-4-5-22(18-26(21)27)28(38)36-15-10-29(11-16-36)12-17-37(20-29)24-8-13-34-14-9-24/h1-5,8-9,13-14,18-19,27,35H,6-7,10-12,15-17,20H2. The van der Waals surface area contributed by atoms with Crippen LogP contribution in [0.3, 0.4) is 0 Å². The van der Waals surface area contributed by atoms with Crippen molar-refractivity contribution >= 4 is 21.6 Å². The van der Waals surface area contributed by atoms with E-state index in [1.54, 1.807) is 24.5 Å². The highest BCUT2D eigenvalue weighted by Crippen LogP contribution is 2.42. The first-order valence-electron chi connectivity index (χ1n) is 13.8. The summed E-state index contributed by atoms with van der Waals surface area (Å²) >= 11 is 0. The van der Waals surface area contributed by atoms with Crippen molar-refractivity contribution in [3.8, 4) is 0 Å². The number of fused-ring (bicyclic) bond motifs is 1. The van der Waals surface area contributed by atoms with Gasteiger partial charge in [-0.3, -0.25) is 9.78 Å². The van der Waals surface area contributed by atoms with Crippen molar-refractivity contribution in [3.63, 3.8) is 0 Å². The second kappa shape index (κ2) is 10.4. The zero-order valence-electron chi connectivity index (χ0n) is 22.4. The van der Waals surface area contributed by atoms with Crippen LogP contribution in [0.4, 0.5) is 18.9 Å². The molecule has 2 aliphatic heterocycles. The van der Waals surface area contributed by atoms with Crippen LogP contribution in [0, 0.1) is 5.41 Å². The zero-order chi connectivity index (χ0) is 28.8. The molecule has 3 heterocycles. The number of rotatable bonds is 5. The number of sulfonamides is 1. The molecule has 1 aliphatic carbocycles. The number of nitrogens with one attached hydrogen (secondary N) is 1. The Labute approximate surface area is 237 Å². The van der Waals surface area contributed by atoms with E-state index in [1.807, 2.05) is 23.1 Å². The number of anilines is 1. The molecule has 2 fully saturated rings. The van der Waals surface area contributed by atoms with Crippen LogP contribution in [-0.4, -0.2) is 50.4 Å². The van der Waals surface area contributed by atoms with Crippen LogP contribution in [0.1, 0.15) is 58.8 Å². The largest absolute Gasteiger partial charge is 0.416 e. The minimum atomic E-state index is -4.65. The lowest BCUT2D eigenvalue weighted by Gasteiger charge is -2.39. The second-order valence-corrected chi connectivity index (χ2v) is 13.0. The summed E-state index contributed by atoms with van der Waals surface area (Å²) in [5.41, 5.74) is 2.46. The number of hydrogen-bond acceptors (Lipinski definition) is 5. The molecule has 41 heavy (non-hydrogen) atoms. The molecule has 216 valence electrons. The Morgan fingerprint density at radius 3 is 2.44 bits per heavy atom. The van der Waals surface area contributed by atoms with Crippen LogP contribution in [0.25, 0.3) is 0 Å². The van der Waals surface area contributed by atoms with Gasteiger partial charge >= 0.3 is 6.18 Å². The number of carbonyl (C=O) groups excluding carboxylic acids is 1. The molecule has 1 amide bonds. The highest BCUT2D eigenvalue weighted by molar-refractivity contribution is 7.89. The lowest BCUT2D eigenvalue weighted by molar-refractivity contribution is -0.137. The maximum absolute atomic E-state index is 13.5. The van der Waals surface area contributed by atoms with Gasteiger partial charge in [0, 0.05) is 55.9 Å². The number of benzene rings is 2. The normalized spacial score (nSPS) is 20.4. The average molecular weight is 585 g/mol. The molecule has 2 aromatic carbocycles. The van der Waals surface area contributed by atoms with Crippen LogP contribution in [-0.2, 0) is 22.6 Å². The quantitative estimate of drug-likeness (QED) is 0.446. The third kappa shape index (κ3) is 5.57. The summed E-state index contributed by atoms with van der Waals surface area (Å²) < 4.78 is 68.1. The molecule has 1 N–H and O–H groups in total. The second-order valence-electron chi connectivity index (χ2n) is 11.3. The fraction of sp³-hybridized carbons (Fsp3) is 0.400. The number of halogens is 3. The van der Waals surface area contributed by atoms with Gasteiger partial charge in [0.05, 0.1) is 10.5 Å². The molecule has 1 atom stereocenters. The molecule has 3 aromatic rings. The van der Waals surface area contributed by atoms with E-state index >= 15 is 0 Å². The Hall–Kier alpha value is -3.44. The van der Waals surface area contributed by atoms with Crippen molar-refractivity contribution in [2.24, 2.45) is 5.41 Å². The molecule has 3 aliphatic rings. The smallest absolute Gasteiger partial charge is 0.371 e. The van der Waals surface area contributed by atoms with Crippen molar-refractivity contribution < 1.29 is 26.4 Å². The number of piperidine rings is 1. The van der Waals surface area contributed by atoms with Gasteiger partial charge in [0.1, 0.15) is 0 Å². The first-order valence-corrected chi connectivity index (χ1v) is 15.3. The SMILES string of the molecule is O=C(c1ccc2c(c1)C(NS(=O)(=O)c1cccc(C(F)(F)F)c1)CC2)N1CCC2(CC1)CCN(c1ccncc1)C2. The number of nitrogens with zero attached hydrogens (tertiary/aromatic N) is 3. The Kier molecular flexibility index (Phi) is 7.05. The van der Waals surface area contributed by atoms with E-state index in [1.165, 1.54) is 5.69 Å². The van der Waals surface area contributed by atoms with Gasteiger partial charge in [-0.05, 0) is 91.1 Å². The molecule has 0 radical (unpaired) electrons. The fourth-order valence-electron chi connectivity index (χ4n) is 6.44. The fourth-order valence-corrected chi connectivity index (χ4v) is 7.73. The number of carbonyl (C=O) groups is 1. The highest BCUT2D eigenvalue weighted by Gasteiger charge is 2.42. The van der Waals surface area contributed by atoms with E-state index in [0.29, 0.717) is 43.1 Å². The van der Waals surface area contributed by atoms with E-state index in [0.717, 1.165) is 56.1 Å². The summed E-state index contributed by atoms with van der Waals surface area (Å²) in [6.45, 7) is 3.27. The van der Waals surface area contributed by atoms with Crippen LogP contribution in [0.15, 0.2) is 71.9 Å². The van der Waals surface area contributed by atoms with Gasteiger partial charge in [-0.2, -0.15) is 13.2 Å². The third-order valence-electron chi connectivity index (χ3n) is 8.82. The number of alkyl halides is 3. The van der Waals surface area contributed by atoms with E-state index < -0.39 is 32.7 Å².